The fourth-order valence-electron chi connectivity index (χ4n) is 2.53. The summed E-state index contributed by atoms with van der Waals surface area (Å²) in [5, 5.41) is 3.30. The van der Waals surface area contributed by atoms with E-state index in [2.05, 4.69) is 43.4 Å². The molecule has 2 aromatic rings. The lowest BCUT2D eigenvalue weighted by Gasteiger charge is -2.17. The Bertz CT molecular complexity index is 560. The van der Waals surface area contributed by atoms with Gasteiger partial charge < -0.3 is 5.32 Å². The molecular weight excluding hydrogens is 261 g/mol. The number of benzene rings is 2. The van der Waals surface area contributed by atoms with Gasteiger partial charge >= 0.3 is 0 Å². The second-order valence-corrected chi connectivity index (χ2v) is 5.88. The van der Waals surface area contributed by atoms with E-state index in [1.165, 1.54) is 17.2 Å². The van der Waals surface area contributed by atoms with Crippen LogP contribution in [-0.2, 0) is 12.8 Å². The fourth-order valence-corrected chi connectivity index (χ4v) is 2.53. The van der Waals surface area contributed by atoms with Gasteiger partial charge in [-0.25, -0.2) is 4.39 Å². The standard InChI is InChI=1S/C19H24FN/c1-14(2)16-10-8-15(9-11-16)12-18(21-3)13-17-6-4-5-7-19(17)20/h4-11,14,18,21H,12-13H2,1-3H3. The van der Waals surface area contributed by atoms with Crippen LogP contribution in [0.1, 0.15) is 36.5 Å². The third-order valence-electron chi connectivity index (χ3n) is 3.96. The van der Waals surface area contributed by atoms with Crippen LogP contribution in [0, 0.1) is 5.82 Å². The number of rotatable bonds is 6. The zero-order valence-electron chi connectivity index (χ0n) is 13.1. The maximum Gasteiger partial charge on any atom is 0.126 e. The minimum atomic E-state index is -0.118. The number of halogens is 1. The van der Waals surface area contributed by atoms with Crippen LogP contribution in [0.4, 0.5) is 4.39 Å². The Morgan fingerprint density at radius 2 is 1.62 bits per heavy atom. The van der Waals surface area contributed by atoms with Gasteiger partial charge in [0.05, 0.1) is 0 Å². The molecule has 0 heterocycles. The highest BCUT2D eigenvalue weighted by Gasteiger charge is 2.11. The highest BCUT2D eigenvalue weighted by atomic mass is 19.1. The summed E-state index contributed by atoms with van der Waals surface area (Å²) in [6, 6.07) is 16.0. The first-order valence-electron chi connectivity index (χ1n) is 7.59. The lowest BCUT2D eigenvalue weighted by atomic mass is 9.96. The summed E-state index contributed by atoms with van der Waals surface area (Å²) in [5.74, 6) is 0.436. The Hall–Kier alpha value is -1.67. The van der Waals surface area contributed by atoms with Crippen LogP contribution in [0.15, 0.2) is 48.5 Å². The molecule has 1 N–H and O–H groups in total. The predicted octanol–water partition coefficient (Wildman–Crippen LogP) is 4.32. The molecule has 0 aliphatic carbocycles. The summed E-state index contributed by atoms with van der Waals surface area (Å²) in [6.07, 6.45) is 1.61. The molecule has 0 saturated carbocycles. The molecule has 0 aliphatic heterocycles. The molecule has 0 radical (unpaired) electrons. The summed E-state index contributed by atoms with van der Waals surface area (Å²) in [5.41, 5.74) is 3.42. The van der Waals surface area contributed by atoms with Gasteiger partial charge in [0.2, 0.25) is 0 Å². The highest BCUT2D eigenvalue weighted by Crippen LogP contribution is 2.17. The van der Waals surface area contributed by atoms with Crippen molar-refractivity contribution < 1.29 is 4.39 Å². The molecule has 0 fully saturated rings. The Balaban J connectivity index is 2.03. The number of nitrogens with one attached hydrogen (secondary N) is 1. The van der Waals surface area contributed by atoms with Gasteiger partial charge in [-0.05, 0) is 48.6 Å². The molecule has 0 bridgehead atoms. The van der Waals surface area contributed by atoms with Crippen molar-refractivity contribution in [3.63, 3.8) is 0 Å². The van der Waals surface area contributed by atoms with Gasteiger partial charge in [0, 0.05) is 6.04 Å². The van der Waals surface area contributed by atoms with Crippen molar-refractivity contribution in [3.05, 3.63) is 71.0 Å². The molecule has 2 aromatic carbocycles. The van der Waals surface area contributed by atoms with Gasteiger partial charge in [0.15, 0.2) is 0 Å². The molecular formula is C19H24FN. The van der Waals surface area contributed by atoms with E-state index in [9.17, 15) is 4.39 Å². The molecule has 0 spiro atoms. The van der Waals surface area contributed by atoms with Crippen LogP contribution in [0.5, 0.6) is 0 Å². The van der Waals surface area contributed by atoms with Gasteiger partial charge in [-0.3, -0.25) is 0 Å². The average molecular weight is 285 g/mol. The van der Waals surface area contributed by atoms with Crippen LogP contribution in [0.3, 0.4) is 0 Å². The minimum absolute atomic E-state index is 0.118. The zero-order chi connectivity index (χ0) is 15.2. The zero-order valence-corrected chi connectivity index (χ0v) is 13.1. The van der Waals surface area contributed by atoms with E-state index in [1.54, 1.807) is 6.07 Å². The molecule has 112 valence electrons. The highest BCUT2D eigenvalue weighted by molar-refractivity contribution is 5.26. The van der Waals surface area contributed by atoms with Crippen LogP contribution >= 0.6 is 0 Å². The summed E-state index contributed by atoms with van der Waals surface area (Å²) >= 11 is 0. The van der Waals surface area contributed by atoms with Crippen molar-refractivity contribution in [3.8, 4) is 0 Å². The lowest BCUT2D eigenvalue weighted by molar-refractivity contribution is 0.532. The van der Waals surface area contributed by atoms with Gasteiger partial charge in [-0.1, -0.05) is 56.3 Å². The molecule has 2 heteroatoms. The number of hydrogen-bond acceptors (Lipinski definition) is 1. The third-order valence-corrected chi connectivity index (χ3v) is 3.96. The predicted molar refractivity (Wildman–Crippen MR) is 87.2 cm³/mol. The molecule has 21 heavy (non-hydrogen) atoms. The summed E-state index contributed by atoms with van der Waals surface area (Å²) in [4.78, 5) is 0. The Morgan fingerprint density at radius 1 is 0.952 bits per heavy atom. The van der Waals surface area contributed by atoms with E-state index in [-0.39, 0.29) is 11.9 Å². The first-order valence-corrected chi connectivity index (χ1v) is 7.59. The van der Waals surface area contributed by atoms with Crippen molar-refractivity contribution in [2.75, 3.05) is 7.05 Å². The van der Waals surface area contributed by atoms with Crippen molar-refractivity contribution in [1.82, 2.24) is 5.32 Å². The second-order valence-electron chi connectivity index (χ2n) is 5.88. The Labute approximate surface area is 127 Å². The average Bonchev–Trinajstić information content (AvgIpc) is 2.49. The summed E-state index contributed by atoms with van der Waals surface area (Å²) in [6.45, 7) is 4.40. The number of likely N-dealkylation sites (N-methyl/N-ethyl adjacent to an activating group) is 1. The van der Waals surface area contributed by atoms with Crippen molar-refractivity contribution >= 4 is 0 Å². The molecule has 0 saturated heterocycles. The lowest BCUT2D eigenvalue weighted by Crippen LogP contribution is -2.30. The quantitative estimate of drug-likeness (QED) is 0.833. The van der Waals surface area contributed by atoms with Crippen molar-refractivity contribution in [2.24, 2.45) is 0 Å². The summed E-state index contributed by atoms with van der Waals surface area (Å²) < 4.78 is 13.7. The maximum absolute atomic E-state index is 13.7. The fraction of sp³-hybridized carbons (Fsp3) is 0.368. The molecule has 1 unspecified atom stereocenters. The minimum Gasteiger partial charge on any atom is -0.316 e. The van der Waals surface area contributed by atoms with Crippen LogP contribution in [-0.4, -0.2) is 13.1 Å². The van der Waals surface area contributed by atoms with Gasteiger partial charge in [-0.2, -0.15) is 0 Å². The van der Waals surface area contributed by atoms with Crippen LogP contribution in [0.25, 0.3) is 0 Å². The molecule has 1 nitrogen and oxygen atoms in total. The van der Waals surface area contributed by atoms with E-state index in [1.807, 2.05) is 19.2 Å². The van der Waals surface area contributed by atoms with Gasteiger partial charge in [-0.15, -0.1) is 0 Å². The van der Waals surface area contributed by atoms with E-state index in [0.717, 1.165) is 12.0 Å². The Kier molecular flexibility index (Phi) is 5.51. The second kappa shape index (κ2) is 7.37. The SMILES string of the molecule is CNC(Cc1ccc(C(C)C)cc1)Cc1ccccc1F. The van der Waals surface area contributed by atoms with E-state index >= 15 is 0 Å². The van der Waals surface area contributed by atoms with Crippen LogP contribution in [0.2, 0.25) is 0 Å². The molecule has 1 atom stereocenters. The third kappa shape index (κ3) is 4.40. The normalized spacial score (nSPS) is 12.6. The van der Waals surface area contributed by atoms with Crippen LogP contribution < -0.4 is 5.32 Å². The van der Waals surface area contributed by atoms with Crippen molar-refractivity contribution in [1.29, 1.82) is 0 Å². The summed E-state index contributed by atoms with van der Waals surface area (Å²) in [7, 11) is 1.94. The van der Waals surface area contributed by atoms with Gasteiger partial charge in [0.25, 0.3) is 0 Å². The van der Waals surface area contributed by atoms with Crippen molar-refractivity contribution in [2.45, 2.75) is 38.6 Å². The molecule has 2 rings (SSSR count). The maximum atomic E-state index is 13.7. The molecule has 0 aromatic heterocycles. The van der Waals surface area contributed by atoms with Gasteiger partial charge in [0.1, 0.15) is 5.82 Å². The first-order chi connectivity index (χ1) is 10.1. The number of hydrogen-bond donors (Lipinski definition) is 1. The first kappa shape index (κ1) is 15.7. The topological polar surface area (TPSA) is 12.0 Å². The smallest absolute Gasteiger partial charge is 0.126 e. The van der Waals surface area contributed by atoms with E-state index < -0.39 is 0 Å². The molecule has 0 amide bonds. The van der Waals surface area contributed by atoms with E-state index in [0.29, 0.717) is 12.3 Å². The Morgan fingerprint density at radius 3 is 2.19 bits per heavy atom. The largest absolute Gasteiger partial charge is 0.316 e. The van der Waals surface area contributed by atoms with E-state index in [4.69, 9.17) is 0 Å². The monoisotopic (exact) mass is 285 g/mol. The molecule has 0 aliphatic rings.